The van der Waals surface area contributed by atoms with E-state index in [1.54, 1.807) is 9.44 Å². The van der Waals surface area contributed by atoms with E-state index in [-0.39, 0.29) is 11.1 Å². The molecule has 2 amide bonds. The van der Waals surface area contributed by atoms with Crippen LogP contribution in [0, 0.1) is 0 Å². The third-order valence-corrected chi connectivity index (χ3v) is 8.54. The average molecular weight is 428 g/mol. The summed E-state index contributed by atoms with van der Waals surface area (Å²) < 4.78 is 76.7. The molecule has 10 nitrogen and oxygen atoms in total. The Morgan fingerprint density at radius 3 is 1.41 bits per heavy atom. The molecule has 0 fully saturated rings. The van der Waals surface area contributed by atoms with Gasteiger partial charge in [0.2, 0.25) is 9.84 Å². The maximum atomic E-state index is 12.8. The molecule has 2 aromatic rings. The van der Waals surface area contributed by atoms with Crippen LogP contribution in [0.2, 0.25) is 0 Å². The van der Waals surface area contributed by atoms with Crippen LogP contribution >= 0.6 is 0 Å². The van der Waals surface area contributed by atoms with Crippen LogP contribution in [-0.4, -0.2) is 37.1 Å². The molecule has 0 aromatic heterocycles. The van der Waals surface area contributed by atoms with Gasteiger partial charge in [-0.15, -0.1) is 0 Å². The van der Waals surface area contributed by atoms with Crippen LogP contribution in [0.1, 0.15) is 20.7 Å². The average Bonchev–Trinajstić information content (AvgIpc) is 2.96. The molecule has 2 aliphatic heterocycles. The fourth-order valence-electron chi connectivity index (χ4n) is 2.76. The first kappa shape index (κ1) is 17.6. The second-order valence-electron chi connectivity index (χ2n) is 5.69. The molecular formula is C14H8N2O8S3. The summed E-state index contributed by atoms with van der Waals surface area (Å²) in [7, 11) is -12.7. The van der Waals surface area contributed by atoms with Gasteiger partial charge in [-0.05, 0) is 36.4 Å². The van der Waals surface area contributed by atoms with Crippen LogP contribution in [0.3, 0.4) is 0 Å². The van der Waals surface area contributed by atoms with Crippen molar-refractivity contribution in [1.29, 1.82) is 0 Å². The van der Waals surface area contributed by atoms with Crippen LogP contribution in [0.4, 0.5) is 0 Å². The van der Waals surface area contributed by atoms with Crippen molar-refractivity contribution in [3.63, 3.8) is 0 Å². The van der Waals surface area contributed by atoms with Gasteiger partial charge in [0.05, 0.1) is 20.9 Å². The van der Waals surface area contributed by atoms with Gasteiger partial charge >= 0.3 is 0 Å². The van der Waals surface area contributed by atoms with Gasteiger partial charge in [0.15, 0.2) is 0 Å². The minimum absolute atomic E-state index is 0.194. The molecule has 0 radical (unpaired) electrons. The fourth-order valence-corrected chi connectivity index (χ4v) is 6.61. The molecule has 0 saturated carbocycles. The van der Waals surface area contributed by atoms with E-state index >= 15 is 0 Å². The normalized spacial score (nSPS) is 19.1. The first-order chi connectivity index (χ1) is 12.4. The molecule has 0 aliphatic carbocycles. The lowest BCUT2D eigenvalue weighted by molar-refractivity contribution is 0.0976. The lowest BCUT2D eigenvalue weighted by atomic mass is 10.2. The van der Waals surface area contributed by atoms with Gasteiger partial charge in [0.25, 0.3) is 31.9 Å². The van der Waals surface area contributed by atoms with Crippen LogP contribution in [0.25, 0.3) is 0 Å². The number of carbonyl (C=O) groups excluding carboxylic acids is 2. The van der Waals surface area contributed by atoms with E-state index in [1.165, 1.54) is 0 Å². The highest BCUT2D eigenvalue weighted by atomic mass is 32.2. The highest BCUT2D eigenvalue weighted by Gasteiger charge is 2.36. The molecule has 0 unspecified atom stereocenters. The molecule has 4 rings (SSSR count). The van der Waals surface area contributed by atoms with Crippen molar-refractivity contribution in [3.05, 3.63) is 47.5 Å². The summed E-state index contributed by atoms with van der Waals surface area (Å²) in [6.45, 7) is 0. The predicted molar refractivity (Wildman–Crippen MR) is 87.6 cm³/mol. The van der Waals surface area contributed by atoms with E-state index in [4.69, 9.17) is 0 Å². The Balaban J connectivity index is 1.90. The van der Waals surface area contributed by atoms with Gasteiger partial charge in [-0.1, -0.05) is 0 Å². The van der Waals surface area contributed by atoms with Gasteiger partial charge in [-0.2, -0.15) is 0 Å². The molecule has 2 aromatic carbocycles. The molecule has 27 heavy (non-hydrogen) atoms. The smallest absolute Gasteiger partial charge is 0.266 e. The lowest BCUT2D eigenvalue weighted by Gasteiger charge is -2.07. The largest absolute Gasteiger partial charge is 0.268 e. The van der Waals surface area contributed by atoms with Gasteiger partial charge in [-0.25, -0.2) is 34.7 Å². The number of carbonyl (C=O) groups is 2. The quantitative estimate of drug-likeness (QED) is 0.640. The predicted octanol–water partition coefficient (Wildman–Crippen LogP) is -0.616. The molecule has 2 heterocycles. The number of amides is 2. The standard InChI is InChI=1S/C14H8N2O8S3/c17-13-9-3-1-7(5-11(9)26(21,22)15-13)25(19,20)8-2-4-10-12(6-8)27(23,24)16-14(10)18/h1-6H,(H,15,17)(H,16,18). The number of nitrogens with one attached hydrogen (secondary N) is 2. The maximum absolute atomic E-state index is 12.8. The van der Waals surface area contributed by atoms with Crippen LogP contribution in [0.5, 0.6) is 0 Å². The van der Waals surface area contributed by atoms with E-state index in [1.807, 2.05) is 0 Å². The zero-order valence-electron chi connectivity index (χ0n) is 13.0. The Morgan fingerprint density at radius 2 is 1.04 bits per heavy atom. The van der Waals surface area contributed by atoms with Crippen LogP contribution in [-0.2, 0) is 29.9 Å². The number of sulfone groups is 1. The Bertz CT molecular complexity index is 1290. The second kappa shape index (κ2) is 5.15. The molecule has 0 saturated heterocycles. The summed E-state index contributed by atoms with van der Waals surface area (Å²) >= 11 is 0. The Kier molecular flexibility index (Phi) is 3.36. The highest BCUT2D eigenvalue weighted by molar-refractivity contribution is 7.92. The molecule has 13 heteroatoms. The molecule has 0 bridgehead atoms. The Labute approximate surface area is 153 Å². The van der Waals surface area contributed by atoms with Crippen LogP contribution < -0.4 is 9.44 Å². The van der Waals surface area contributed by atoms with Gasteiger partial charge in [0, 0.05) is 0 Å². The maximum Gasteiger partial charge on any atom is 0.266 e. The van der Waals surface area contributed by atoms with Crippen molar-refractivity contribution in [1.82, 2.24) is 9.44 Å². The van der Waals surface area contributed by atoms with E-state index in [2.05, 4.69) is 0 Å². The summed E-state index contributed by atoms with van der Waals surface area (Å²) in [6.07, 6.45) is 0. The number of fused-ring (bicyclic) bond motifs is 2. The third kappa shape index (κ3) is 2.46. The lowest BCUT2D eigenvalue weighted by Crippen LogP contribution is -2.20. The number of hydrogen-bond donors (Lipinski definition) is 2. The SMILES string of the molecule is O=C1NS(=O)(=O)c2cc(S(=O)(=O)c3ccc4c(c3)S(=O)(=O)NC4=O)ccc21. The molecular weight excluding hydrogens is 420 g/mol. The minimum Gasteiger partial charge on any atom is -0.268 e. The van der Waals surface area contributed by atoms with Crippen molar-refractivity contribution in [2.24, 2.45) is 0 Å². The molecule has 2 aliphatic rings. The van der Waals surface area contributed by atoms with Crippen molar-refractivity contribution in [3.8, 4) is 0 Å². The summed E-state index contributed by atoms with van der Waals surface area (Å²) in [4.78, 5) is 21.3. The molecule has 0 atom stereocenters. The number of hydrogen-bond acceptors (Lipinski definition) is 8. The summed E-state index contributed by atoms with van der Waals surface area (Å²) in [5.41, 5.74) is -0.388. The van der Waals surface area contributed by atoms with Crippen LogP contribution in [0.15, 0.2) is 56.0 Å². The van der Waals surface area contributed by atoms with Crippen molar-refractivity contribution in [2.75, 3.05) is 0 Å². The zero-order chi connectivity index (χ0) is 19.8. The second-order valence-corrected chi connectivity index (χ2v) is 10.9. The van der Waals surface area contributed by atoms with Gasteiger partial charge < -0.3 is 0 Å². The fraction of sp³-hybridized carbons (Fsp3) is 0. The number of sulfonamides is 2. The van der Waals surface area contributed by atoms with E-state index in [9.17, 15) is 34.8 Å². The van der Waals surface area contributed by atoms with Gasteiger partial charge in [0.1, 0.15) is 9.79 Å². The topological polar surface area (TPSA) is 161 Å². The molecule has 0 spiro atoms. The first-order valence-corrected chi connectivity index (χ1v) is 11.6. The zero-order valence-corrected chi connectivity index (χ0v) is 15.4. The highest BCUT2D eigenvalue weighted by Crippen LogP contribution is 2.31. The molecule has 2 N–H and O–H groups in total. The molecule has 140 valence electrons. The van der Waals surface area contributed by atoms with Crippen molar-refractivity contribution in [2.45, 2.75) is 19.6 Å². The van der Waals surface area contributed by atoms with Gasteiger partial charge in [-0.3, -0.25) is 9.59 Å². The summed E-state index contributed by atoms with van der Waals surface area (Å²) in [5, 5.41) is 0. The Hall–Kier alpha value is -2.77. The van der Waals surface area contributed by atoms with E-state index in [0.29, 0.717) is 0 Å². The number of rotatable bonds is 2. The van der Waals surface area contributed by atoms with E-state index < -0.39 is 61.3 Å². The van der Waals surface area contributed by atoms with Crippen molar-refractivity contribution >= 4 is 41.7 Å². The van der Waals surface area contributed by atoms with Crippen molar-refractivity contribution < 1.29 is 34.8 Å². The Morgan fingerprint density at radius 1 is 0.667 bits per heavy atom. The monoisotopic (exact) mass is 428 g/mol. The summed E-state index contributed by atoms with van der Waals surface area (Å²) in [5.74, 6) is -1.75. The number of benzene rings is 2. The summed E-state index contributed by atoms with van der Waals surface area (Å²) in [6, 6.07) is 5.83. The third-order valence-electron chi connectivity index (χ3n) is 4.05. The first-order valence-electron chi connectivity index (χ1n) is 7.11. The minimum atomic E-state index is -4.32. The van der Waals surface area contributed by atoms with E-state index in [0.717, 1.165) is 36.4 Å².